The van der Waals surface area contributed by atoms with Crippen molar-refractivity contribution in [2.24, 2.45) is 5.92 Å². The predicted molar refractivity (Wildman–Crippen MR) is 85.4 cm³/mol. The van der Waals surface area contributed by atoms with Crippen LogP contribution in [0.4, 0.5) is 9.52 Å². The molecule has 0 spiro atoms. The van der Waals surface area contributed by atoms with Gasteiger partial charge in [-0.15, -0.1) is 11.3 Å². The van der Waals surface area contributed by atoms with Gasteiger partial charge in [0.25, 0.3) is 0 Å². The average molecular weight is 322 g/mol. The van der Waals surface area contributed by atoms with Crippen molar-refractivity contribution in [3.63, 3.8) is 0 Å². The van der Waals surface area contributed by atoms with E-state index in [4.69, 9.17) is 0 Å². The van der Waals surface area contributed by atoms with Crippen molar-refractivity contribution in [1.82, 2.24) is 4.98 Å². The number of aliphatic hydroxyl groups is 1. The number of thiazole rings is 1. The number of nitrogens with zero attached hydrogens (tertiary/aromatic N) is 1. The Balaban J connectivity index is 1.92. The number of aromatic nitrogens is 1. The zero-order chi connectivity index (χ0) is 16.1. The zero-order valence-corrected chi connectivity index (χ0v) is 13.4. The summed E-state index contributed by atoms with van der Waals surface area (Å²) < 4.78 is 13.1. The molecule has 0 radical (unpaired) electrons. The first-order valence-corrected chi connectivity index (χ1v) is 7.92. The van der Waals surface area contributed by atoms with Gasteiger partial charge in [0.05, 0.1) is 12.5 Å². The van der Waals surface area contributed by atoms with Crippen molar-refractivity contribution in [2.75, 3.05) is 5.32 Å². The van der Waals surface area contributed by atoms with Crippen LogP contribution in [-0.4, -0.2) is 22.1 Å². The number of nitrogens with one attached hydrogen (secondary N) is 1. The smallest absolute Gasteiger partial charge is 0.228 e. The molecule has 2 aromatic rings. The Morgan fingerprint density at radius 3 is 2.91 bits per heavy atom. The number of carbonyl (C=O) groups is 1. The van der Waals surface area contributed by atoms with Crippen LogP contribution in [0.1, 0.15) is 30.7 Å². The van der Waals surface area contributed by atoms with Gasteiger partial charge in [-0.3, -0.25) is 4.79 Å². The fourth-order valence-electron chi connectivity index (χ4n) is 1.89. The molecular weight excluding hydrogens is 303 g/mol. The van der Waals surface area contributed by atoms with Crippen molar-refractivity contribution in [2.45, 2.75) is 32.8 Å². The summed E-state index contributed by atoms with van der Waals surface area (Å²) in [6.45, 7) is 3.72. The Morgan fingerprint density at radius 2 is 2.23 bits per heavy atom. The van der Waals surface area contributed by atoms with E-state index in [1.165, 1.54) is 23.5 Å². The molecule has 0 aliphatic carbocycles. The minimum absolute atomic E-state index is 0.0329. The van der Waals surface area contributed by atoms with E-state index in [-0.39, 0.29) is 24.1 Å². The SMILES string of the molecule is CC(C)C(O)CC(=O)Nc1ncc(Cc2cccc(F)c2)s1. The first kappa shape index (κ1) is 16.6. The third-order valence-electron chi connectivity index (χ3n) is 3.23. The van der Waals surface area contributed by atoms with Gasteiger partial charge in [-0.2, -0.15) is 0 Å². The van der Waals surface area contributed by atoms with E-state index in [1.807, 2.05) is 19.9 Å². The van der Waals surface area contributed by atoms with E-state index in [9.17, 15) is 14.3 Å². The van der Waals surface area contributed by atoms with Gasteiger partial charge in [-0.05, 0) is 23.6 Å². The predicted octanol–water partition coefficient (Wildman–Crippen LogP) is 3.22. The highest BCUT2D eigenvalue weighted by Gasteiger charge is 2.15. The molecule has 1 aromatic carbocycles. The monoisotopic (exact) mass is 322 g/mol. The molecule has 6 heteroatoms. The van der Waals surface area contributed by atoms with Crippen LogP contribution in [-0.2, 0) is 11.2 Å². The Kier molecular flexibility index (Phi) is 5.63. The number of benzene rings is 1. The molecule has 2 rings (SSSR count). The molecule has 0 fully saturated rings. The van der Waals surface area contributed by atoms with Gasteiger partial charge in [0.1, 0.15) is 5.82 Å². The molecule has 0 saturated carbocycles. The first-order chi connectivity index (χ1) is 10.4. The molecule has 1 heterocycles. The van der Waals surface area contributed by atoms with Crippen molar-refractivity contribution in [1.29, 1.82) is 0 Å². The third-order valence-corrected chi connectivity index (χ3v) is 4.14. The van der Waals surface area contributed by atoms with E-state index >= 15 is 0 Å². The molecule has 22 heavy (non-hydrogen) atoms. The lowest BCUT2D eigenvalue weighted by Gasteiger charge is -2.12. The summed E-state index contributed by atoms with van der Waals surface area (Å²) in [6.07, 6.45) is 1.63. The second-order valence-electron chi connectivity index (χ2n) is 5.50. The van der Waals surface area contributed by atoms with Crippen LogP contribution in [0.3, 0.4) is 0 Å². The lowest BCUT2D eigenvalue weighted by Crippen LogP contribution is -2.23. The molecule has 4 nitrogen and oxygen atoms in total. The molecule has 118 valence electrons. The molecule has 0 bridgehead atoms. The van der Waals surface area contributed by atoms with Gasteiger partial charge < -0.3 is 10.4 Å². The topological polar surface area (TPSA) is 62.2 Å². The number of amides is 1. The summed E-state index contributed by atoms with van der Waals surface area (Å²) in [4.78, 5) is 16.9. The molecule has 0 saturated heterocycles. The van der Waals surface area contributed by atoms with Crippen LogP contribution in [0.15, 0.2) is 30.5 Å². The van der Waals surface area contributed by atoms with Gasteiger partial charge in [0.2, 0.25) is 5.91 Å². The van der Waals surface area contributed by atoms with E-state index < -0.39 is 6.10 Å². The molecule has 0 aliphatic heterocycles. The second-order valence-corrected chi connectivity index (χ2v) is 6.62. The van der Waals surface area contributed by atoms with E-state index in [0.717, 1.165) is 10.4 Å². The summed E-state index contributed by atoms with van der Waals surface area (Å²) in [6, 6.07) is 6.40. The molecular formula is C16H19FN2O2S. The minimum Gasteiger partial charge on any atom is -0.392 e. The van der Waals surface area contributed by atoms with E-state index in [1.54, 1.807) is 12.3 Å². The highest BCUT2D eigenvalue weighted by molar-refractivity contribution is 7.15. The number of aliphatic hydroxyl groups excluding tert-OH is 1. The second kappa shape index (κ2) is 7.47. The average Bonchev–Trinajstić information content (AvgIpc) is 2.85. The molecule has 1 atom stereocenters. The lowest BCUT2D eigenvalue weighted by atomic mass is 10.0. The summed E-state index contributed by atoms with van der Waals surface area (Å²) in [7, 11) is 0. The van der Waals surface area contributed by atoms with Crippen LogP contribution >= 0.6 is 11.3 Å². The standard InChI is InChI=1S/C16H19FN2O2S/c1-10(2)14(20)8-15(21)19-16-18-9-13(22-16)7-11-4-3-5-12(17)6-11/h3-6,9-10,14,20H,7-8H2,1-2H3,(H,18,19,21). The Morgan fingerprint density at radius 1 is 1.45 bits per heavy atom. The van der Waals surface area contributed by atoms with E-state index in [2.05, 4.69) is 10.3 Å². The quantitative estimate of drug-likeness (QED) is 0.858. The van der Waals surface area contributed by atoms with Gasteiger partial charge in [0.15, 0.2) is 5.13 Å². The van der Waals surface area contributed by atoms with Crippen LogP contribution in [0.25, 0.3) is 0 Å². The normalized spacial score (nSPS) is 12.4. The number of carbonyl (C=O) groups excluding carboxylic acids is 1. The van der Waals surface area contributed by atoms with Crippen LogP contribution < -0.4 is 5.32 Å². The zero-order valence-electron chi connectivity index (χ0n) is 12.5. The molecule has 2 N–H and O–H groups in total. The van der Waals surface area contributed by atoms with Crippen LogP contribution in [0, 0.1) is 11.7 Å². The van der Waals surface area contributed by atoms with Gasteiger partial charge in [0, 0.05) is 17.5 Å². The maximum absolute atomic E-state index is 13.1. The van der Waals surface area contributed by atoms with E-state index in [0.29, 0.717) is 11.6 Å². The number of hydrogen-bond acceptors (Lipinski definition) is 4. The van der Waals surface area contributed by atoms with Crippen molar-refractivity contribution >= 4 is 22.4 Å². The summed E-state index contributed by atoms with van der Waals surface area (Å²) in [5.41, 5.74) is 0.858. The summed E-state index contributed by atoms with van der Waals surface area (Å²) >= 11 is 1.35. The van der Waals surface area contributed by atoms with Crippen molar-refractivity contribution < 1.29 is 14.3 Å². The lowest BCUT2D eigenvalue weighted by molar-refractivity contribution is -0.118. The Hall–Kier alpha value is -1.79. The molecule has 1 amide bonds. The molecule has 1 unspecified atom stereocenters. The third kappa shape index (κ3) is 4.89. The number of halogens is 1. The number of anilines is 1. The fourth-order valence-corrected chi connectivity index (χ4v) is 2.75. The van der Waals surface area contributed by atoms with Crippen molar-refractivity contribution in [3.05, 3.63) is 46.7 Å². The molecule has 0 aliphatic rings. The maximum atomic E-state index is 13.1. The fraction of sp³-hybridized carbons (Fsp3) is 0.375. The van der Waals surface area contributed by atoms with Gasteiger partial charge >= 0.3 is 0 Å². The number of hydrogen-bond donors (Lipinski definition) is 2. The maximum Gasteiger partial charge on any atom is 0.228 e. The largest absolute Gasteiger partial charge is 0.392 e. The number of rotatable bonds is 6. The minimum atomic E-state index is -0.660. The molecule has 1 aromatic heterocycles. The van der Waals surface area contributed by atoms with Crippen LogP contribution in [0.5, 0.6) is 0 Å². The van der Waals surface area contributed by atoms with Gasteiger partial charge in [-0.1, -0.05) is 26.0 Å². The van der Waals surface area contributed by atoms with Crippen molar-refractivity contribution in [3.8, 4) is 0 Å². The highest BCUT2D eigenvalue weighted by Crippen LogP contribution is 2.22. The van der Waals surface area contributed by atoms with Gasteiger partial charge in [-0.25, -0.2) is 9.37 Å². The Labute approximate surface area is 133 Å². The highest BCUT2D eigenvalue weighted by atomic mass is 32.1. The Bertz CT molecular complexity index is 643. The first-order valence-electron chi connectivity index (χ1n) is 7.11. The van der Waals surface area contributed by atoms with Crippen LogP contribution in [0.2, 0.25) is 0 Å². The summed E-state index contributed by atoms with van der Waals surface area (Å²) in [5, 5.41) is 12.9. The summed E-state index contributed by atoms with van der Waals surface area (Å²) in [5.74, 6) is -0.489.